The maximum Gasteiger partial charge on any atom is 0.150 e. The molecular formula is C12H14O2. The Balaban J connectivity index is 2.48. The van der Waals surface area contributed by atoms with E-state index >= 15 is 0 Å². The number of rotatable bonds is 2. The fourth-order valence-electron chi connectivity index (χ4n) is 2.05. The maximum absolute atomic E-state index is 10.8. The fourth-order valence-corrected chi connectivity index (χ4v) is 2.05. The summed E-state index contributed by atoms with van der Waals surface area (Å²) in [6, 6.07) is 5.87. The Morgan fingerprint density at radius 2 is 2.43 bits per heavy atom. The highest BCUT2D eigenvalue weighted by Crippen LogP contribution is 2.30. The van der Waals surface area contributed by atoms with E-state index in [4.69, 9.17) is 4.74 Å². The molecule has 0 saturated carbocycles. The van der Waals surface area contributed by atoms with E-state index < -0.39 is 0 Å². The molecule has 0 saturated heterocycles. The van der Waals surface area contributed by atoms with Gasteiger partial charge in [-0.1, -0.05) is 25.1 Å². The van der Waals surface area contributed by atoms with Crippen LogP contribution in [-0.2, 0) is 11.2 Å². The van der Waals surface area contributed by atoms with Gasteiger partial charge in [0.25, 0.3) is 0 Å². The first-order valence-electron chi connectivity index (χ1n) is 5.05. The van der Waals surface area contributed by atoms with Crippen LogP contribution in [0.15, 0.2) is 18.2 Å². The molecule has 0 aliphatic carbocycles. The van der Waals surface area contributed by atoms with Gasteiger partial charge in [0.05, 0.1) is 12.7 Å². The van der Waals surface area contributed by atoms with Crippen molar-refractivity contribution in [2.24, 2.45) is 0 Å². The fraction of sp³-hybridized carbons (Fsp3) is 0.417. The van der Waals surface area contributed by atoms with E-state index in [1.807, 2.05) is 12.1 Å². The van der Waals surface area contributed by atoms with Crippen LogP contribution >= 0.6 is 0 Å². The molecule has 0 radical (unpaired) electrons. The first-order chi connectivity index (χ1) is 6.86. The van der Waals surface area contributed by atoms with Gasteiger partial charge in [-0.2, -0.15) is 0 Å². The highest BCUT2D eigenvalue weighted by atomic mass is 16.5. The number of carbonyl (C=O) groups excluding carboxylic acids is 1. The summed E-state index contributed by atoms with van der Waals surface area (Å²) in [7, 11) is 0. The van der Waals surface area contributed by atoms with Crippen molar-refractivity contribution in [1.29, 1.82) is 0 Å². The smallest absolute Gasteiger partial charge is 0.150 e. The Morgan fingerprint density at radius 3 is 3.14 bits per heavy atom. The number of aldehydes is 1. The molecule has 2 nitrogen and oxygen atoms in total. The molecule has 0 bridgehead atoms. The number of hydrogen-bond acceptors (Lipinski definition) is 2. The van der Waals surface area contributed by atoms with Crippen molar-refractivity contribution in [1.82, 2.24) is 0 Å². The quantitative estimate of drug-likeness (QED) is 0.670. The van der Waals surface area contributed by atoms with Crippen molar-refractivity contribution < 1.29 is 9.53 Å². The lowest BCUT2D eigenvalue weighted by Gasteiger charge is -2.25. The Morgan fingerprint density at radius 1 is 1.57 bits per heavy atom. The lowest BCUT2D eigenvalue weighted by Crippen LogP contribution is -2.17. The molecule has 1 aliphatic rings. The van der Waals surface area contributed by atoms with Crippen LogP contribution in [0.1, 0.15) is 40.9 Å². The molecule has 0 aromatic heterocycles. The Labute approximate surface area is 83.9 Å². The van der Waals surface area contributed by atoms with Gasteiger partial charge < -0.3 is 4.74 Å². The van der Waals surface area contributed by atoms with E-state index in [-0.39, 0.29) is 6.10 Å². The van der Waals surface area contributed by atoms with Crippen LogP contribution < -0.4 is 0 Å². The zero-order chi connectivity index (χ0) is 9.97. The third-order valence-corrected chi connectivity index (χ3v) is 2.76. The SMILES string of the molecule is CCC1OCCc2c(C=O)cccc21. The minimum Gasteiger partial charge on any atom is -0.373 e. The molecule has 1 aromatic rings. The van der Waals surface area contributed by atoms with Crippen molar-refractivity contribution in [2.75, 3.05) is 6.61 Å². The third kappa shape index (κ3) is 1.46. The zero-order valence-corrected chi connectivity index (χ0v) is 8.32. The minimum absolute atomic E-state index is 0.179. The molecule has 1 atom stereocenters. The van der Waals surface area contributed by atoms with Crippen molar-refractivity contribution >= 4 is 6.29 Å². The predicted molar refractivity (Wildman–Crippen MR) is 54.5 cm³/mol. The van der Waals surface area contributed by atoms with Crippen molar-refractivity contribution in [3.63, 3.8) is 0 Å². The average Bonchev–Trinajstić information content (AvgIpc) is 2.27. The number of fused-ring (bicyclic) bond motifs is 1. The molecular weight excluding hydrogens is 176 g/mol. The van der Waals surface area contributed by atoms with E-state index in [0.29, 0.717) is 0 Å². The second kappa shape index (κ2) is 3.93. The first kappa shape index (κ1) is 9.41. The van der Waals surface area contributed by atoms with Gasteiger partial charge in [-0.3, -0.25) is 4.79 Å². The summed E-state index contributed by atoms with van der Waals surface area (Å²) in [5.74, 6) is 0. The molecule has 0 fully saturated rings. The molecule has 2 heteroatoms. The molecule has 2 rings (SSSR count). The van der Waals surface area contributed by atoms with Crippen LogP contribution in [0.4, 0.5) is 0 Å². The largest absolute Gasteiger partial charge is 0.373 e. The average molecular weight is 190 g/mol. The highest BCUT2D eigenvalue weighted by Gasteiger charge is 2.20. The van der Waals surface area contributed by atoms with Gasteiger partial charge in [-0.25, -0.2) is 0 Å². The van der Waals surface area contributed by atoms with Crippen LogP contribution in [0.2, 0.25) is 0 Å². The molecule has 1 aromatic carbocycles. The molecule has 0 spiro atoms. The molecule has 74 valence electrons. The van der Waals surface area contributed by atoms with E-state index in [2.05, 4.69) is 13.0 Å². The summed E-state index contributed by atoms with van der Waals surface area (Å²) >= 11 is 0. The van der Waals surface area contributed by atoms with Crippen LogP contribution in [0, 0.1) is 0 Å². The van der Waals surface area contributed by atoms with E-state index in [1.165, 1.54) is 11.1 Å². The van der Waals surface area contributed by atoms with Gasteiger partial charge >= 0.3 is 0 Å². The van der Waals surface area contributed by atoms with Crippen molar-refractivity contribution in [3.8, 4) is 0 Å². The van der Waals surface area contributed by atoms with Crippen molar-refractivity contribution in [2.45, 2.75) is 25.9 Å². The van der Waals surface area contributed by atoms with Gasteiger partial charge in [-0.05, 0) is 24.0 Å². The lowest BCUT2D eigenvalue weighted by atomic mass is 9.92. The van der Waals surface area contributed by atoms with E-state index in [1.54, 1.807) is 0 Å². The van der Waals surface area contributed by atoms with E-state index in [0.717, 1.165) is 31.3 Å². The number of benzene rings is 1. The number of hydrogen-bond donors (Lipinski definition) is 0. The van der Waals surface area contributed by atoms with Crippen LogP contribution in [-0.4, -0.2) is 12.9 Å². The van der Waals surface area contributed by atoms with Crippen LogP contribution in [0.5, 0.6) is 0 Å². The van der Waals surface area contributed by atoms with Crippen LogP contribution in [0.3, 0.4) is 0 Å². The molecule has 1 unspecified atom stereocenters. The molecule has 0 N–H and O–H groups in total. The van der Waals surface area contributed by atoms with Gasteiger partial charge in [0.2, 0.25) is 0 Å². The second-order valence-electron chi connectivity index (χ2n) is 3.55. The second-order valence-corrected chi connectivity index (χ2v) is 3.55. The van der Waals surface area contributed by atoms with Gasteiger partial charge in [-0.15, -0.1) is 0 Å². The summed E-state index contributed by atoms with van der Waals surface area (Å²) in [6.45, 7) is 2.84. The summed E-state index contributed by atoms with van der Waals surface area (Å²) in [5.41, 5.74) is 3.20. The zero-order valence-electron chi connectivity index (χ0n) is 8.32. The summed E-state index contributed by atoms with van der Waals surface area (Å²) in [5, 5.41) is 0. The Bertz CT molecular complexity index is 344. The van der Waals surface area contributed by atoms with Gasteiger partial charge in [0.15, 0.2) is 0 Å². The highest BCUT2D eigenvalue weighted by molar-refractivity contribution is 5.78. The molecule has 1 heterocycles. The van der Waals surface area contributed by atoms with Gasteiger partial charge in [0, 0.05) is 5.56 Å². The standard InChI is InChI=1S/C12H14O2/c1-2-12-11-5-3-4-9(8-13)10(11)6-7-14-12/h3-5,8,12H,2,6-7H2,1H3. The lowest BCUT2D eigenvalue weighted by molar-refractivity contribution is 0.0397. The maximum atomic E-state index is 10.8. The summed E-state index contributed by atoms with van der Waals surface area (Å²) in [6.07, 6.45) is 2.95. The van der Waals surface area contributed by atoms with Crippen LogP contribution in [0.25, 0.3) is 0 Å². The Kier molecular flexibility index (Phi) is 2.64. The summed E-state index contributed by atoms with van der Waals surface area (Å²) < 4.78 is 5.64. The minimum atomic E-state index is 0.179. The van der Waals surface area contributed by atoms with Crippen molar-refractivity contribution in [3.05, 3.63) is 34.9 Å². The summed E-state index contributed by atoms with van der Waals surface area (Å²) in [4.78, 5) is 10.8. The molecule has 14 heavy (non-hydrogen) atoms. The first-order valence-corrected chi connectivity index (χ1v) is 5.05. The number of ether oxygens (including phenoxy) is 1. The number of carbonyl (C=O) groups is 1. The topological polar surface area (TPSA) is 26.3 Å². The third-order valence-electron chi connectivity index (χ3n) is 2.76. The Hall–Kier alpha value is -1.15. The molecule has 0 amide bonds. The normalized spacial score (nSPS) is 20.2. The monoisotopic (exact) mass is 190 g/mol. The molecule has 1 aliphatic heterocycles. The predicted octanol–water partition coefficient (Wildman–Crippen LogP) is 2.52. The van der Waals surface area contributed by atoms with Gasteiger partial charge in [0.1, 0.15) is 6.29 Å². The van der Waals surface area contributed by atoms with E-state index in [9.17, 15) is 4.79 Å².